The van der Waals surface area contributed by atoms with Crippen molar-refractivity contribution >= 4 is 34.8 Å². The van der Waals surface area contributed by atoms with Gasteiger partial charge in [-0.2, -0.15) is 0 Å². The minimum absolute atomic E-state index is 0.00646. The molecule has 2 fully saturated rings. The van der Waals surface area contributed by atoms with Gasteiger partial charge >= 0.3 is 0 Å². The number of rotatable bonds is 11. The number of carbonyl (C=O) groups is 3. The lowest BCUT2D eigenvalue weighted by Crippen LogP contribution is -2.59. The van der Waals surface area contributed by atoms with Crippen LogP contribution >= 0.6 is 11.3 Å². The van der Waals surface area contributed by atoms with Crippen molar-refractivity contribution in [2.24, 2.45) is 22.6 Å². The van der Waals surface area contributed by atoms with Gasteiger partial charge in [0.05, 0.1) is 28.3 Å². The number of hydrogen-bond donors (Lipinski definition) is 6. The van der Waals surface area contributed by atoms with Crippen LogP contribution in [0.15, 0.2) is 65.6 Å². The normalized spacial score (nSPS) is 17.4. The molecule has 5 rings (SSSR count). The molecular weight excluding hydrogens is 698 g/mol. The van der Waals surface area contributed by atoms with E-state index >= 15 is 0 Å². The van der Waals surface area contributed by atoms with Crippen molar-refractivity contribution in [2.45, 2.75) is 59.2 Å². The van der Waals surface area contributed by atoms with Gasteiger partial charge in [0.15, 0.2) is 11.6 Å². The Bertz CT molecular complexity index is 1860. The van der Waals surface area contributed by atoms with Gasteiger partial charge in [0, 0.05) is 50.5 Å². The fourth-order valence-electron chi connectivity index (χ4n) is 6.66. The van der Waals surface area contributed by atoms with Crippen LogP contribution in [0.25, 0.3) is 16.1 Å². The number of amides is 3. The number of para-hydroxylation sites is 1. The Morgan fingerprint density at radius 2 is 1.75 bits per heavy atom. The molecule has 0 spiro atoms. The number of nitrogens with two attached hydrogens (primary N) is 3. The fourth-order valence-corrected chi connectivity index (χ4v) is 7.48. The van der Waals surface area contributed by atoms with Crippen molar-refractivity contribution < 1.29 is 23.9 Å². The van der Waals surface area contributed by atoms with Crippen molar-refractivity contribution in [1.29, 1.82) is 0 Å². The molecule has 1 aromatic heterocycles. The summed E-state index contributed by atoms with van der Waals surface area (Å²) in [6, 6.07) is 10.6. The zero-order valence-corrected chi connectivity index (χ0v) is 31.5. The fraction of sp³-hybridized carbons (Fsp3) is 0.421. The number of allylic oxidation sites excluding steroid dienone is 1. The quantitative estimate of drug-likeness (QED) is 0.159. The average molecular weight is 748 g/mol. The second-order valence-corrected chi connectivity index (χ2v) is 15.4. The summed E-state index contributed by atoms with van der Waals surface area (Å²) in [5.74, 6) is -2.15. The number of aromatic nitrogens is 1. The van der Waals surface area contributed by atoms with Crippen LogP contribution in [0.3, 0.4) is 0 Å². The number of aromatic hydroxyl groups is 1. The SMILES string of the molecule is Cc1ncsc1-c1ccc(CNC(=O)C2CCCN2C(=O)C(NC(=O)CN2CCN(C(/C=C(\N)c3cccc(F)c3O)=C(N)N)CC2)C(C)(C)C)cc1. The number of thiazole rings is 1. The van der Waals surface area contributed by atoms with Gasteiger partial charge in [-0.15, -0.1) is 11.3 Å². The van der Waals surface area contributed by atoms with Gasteiger partial charge in [-0.25, -0.2) is 9.37 Å². The molecule has 2 aliphatic rings. The molecule has 0 aliphatic carbocycles. The highest BCUT2D eigenvalue weighted by molar-refractivity contribution is 7.13. The zero-order chi connectivity index (χ0) is 38.4. The Balaban J connectivity index is 1.15. The van der Waals surface area contributed by atoms with Crippen molar-refractivity contribution in [3.05, 3.63) is 88.2 Å². The van der Waals surface area contributed by atoms with Crippen molar-refractivity contribution in [3.63, 3.8) is 0 Å². The van der Waals surface area contributed by atoms with E-state index in [0.717, 1.165) is 27.8 Å². The van der Waals surface area contributed by atoms with Crippen molar-refractivity contribution in [2.75, 3.05) is 39.3 Å². The van der Waals surface area contributed by atoms with Crippen molar-refractivity contribution in [3.8, 4) is 16.2 Å². The lowest BCUT2D eigenvalue weighted by molar-refractivity contribution is -0.144. The molecule has 2 aliphatic heterocycles. The molecule has 3 amide bonds. The number of carbonyl (C=O) groups excluding carboxylic acids is 3. The summed E-state index contributed by atoms with van der Waals surface area (Å²) < 4.78 is 13.9. The van der Waals surface area contributed by atoms with Gasteiger partial charge in [0.2, 0.25) is 17.7 Å². The Morgan fingerprint density at radius 3 is 2.38 bits per heavy atom. The first-order valence-electron chi connectivity index (χ1n) is 17.7. The Labute approximate surface area is 313 Å². The van der Waals surface area contributed by atoms with Gasteiger partial charge in [-0.3, -0.25) is 19.3 Å². The summed E-state index contributed by atoms with van der Waals surface area (Å²) in [7, 11) is 0. The van der Waals surface area contributed by atoms with Crippen molar-refractivity contribution in [1.82, 2.24) is 30.3 Å². The number of phenols is 1. The van der Waals surface area contributed by atoms with E-state index in [9.17, 15) is 23.9 Å². The molecule has 53 heavy (non-hydrogen) atoms. The number of likely N-dealkylation sites (tertiary alicyclic amines) is 1. The molecule has 3 aromatic rings. The van der Waals surface area contributed by atoms with Crippen LogP contribution in [0, 0.1) is 18.2 Å². The molecule has 2 saturated heterocycles. The lowest BCUT2D eigenvalue weighted by atomic mass is 9.85. The van der Waals surface area contributed by atoms with Crippen LogP contribution in [-0.4, -0.2) is 93.9 Å². The predicted octanol–water partition coefficient (Wildman–Crippen LogP) is 2.81. The molecule has 13 nitrogen and oxygen atoms in total. The van der Waals surface area contributed by atoms with E-state index in [0.29, 0.717) is 57.8 Å². The number of benzene rings is 2. The topological polar surface area (TPSA) is 196 Å². The smallest absolute Gasteiger partial charge is 0.246 e. The first kappa shape index (κ1) is 39.1. The Kier molecular flexibility index (Phi) is 12.3. The van der Waals surface area contributed by atoms with E-state index in [-0.39, 0.29) is 41.3 Å². The Hall–Kier alpha value is -5.15. The first-order chi connectivity index (χ1) is 25.1. The van der Waals surface area contributed by atoms with Gasteiger partial charge in [0.1, 0.15) is 17.9 Å². The Morgan fingerprint density at radius 1 is 1.06 bits per heavy atom. The number of nitrogens with zero attached hydrogens (tertiary/aromatic N) is 4. The molecule has 9 N–H and O–H groups in total. The van der Waals surface area contributed by atoms with Gasteiger partial charge in [-0.05, 0) is 54.5 Å². The predicted molar refractivity (Wildman–Crippen MR) is 204 cm³/mol. The molecule has 284 valence electrons. The molecular formula is C38H50FN9O4S. The van der Waals surface area contributed by atoms with E-state index in [1.165, 1.54) is 18.2 Å². The second-order valence-electron chi connectivity index (χ2n) is 14.6. The summed E-state index contributed by atoms with van der Waals surface area (Å²) in [6.45, 7) is 10.4. The molecule has 15 heteroatoms. The summed E-state index contributed by atoms with van der Waals surface area (Å²) in [6.07, 6.45) is 2.74. The number of piperazine rings is 1. The molecule has 2 atom stereocenters. The minimum atomic E-state index is -0.841. The van der Waals surface area contributed by atoms with Crippen LogP contribution in [0.5, 0.6) is 5.75 Å². The van der Waals surface area contributed by atoms with E-state index in [1.54, 1.807) is 16.2 Å². The molecule has 0 bridgehead atoms. The zero-order valence-electron chi connectivity index (χ0n) is 30.7. The van der Waals surface area contributed by atoms with Crippen LogP contribution in [0.4, 0.5) is 4.39 Å². The molecule has 0 radical (unpaired) electrons. The summed E-state index contributed by atoms with van der Waals surface area (Å²) in [5, 5.41) is 16.1. The minimum Gasteiger partial charge on any atom is -0.504 e. The van der Waals surface area contributed by atoms with E-state index in [4.69, 9.17) is 17.2 Å². The third-order valence-electron chi connectivity index (χ3n) is 9.65. The van der Waals surface area contributed by atoms with Crippen LogP contribution in [0.1, 0.15) is 50.4 Å². The average Bonchev–Trinajstić information content (AvgIpc) is 3.79. The standard InChI is InChI=1S/C38H50FN9O4S/c1-23-33(53-22-44-23)25-12-10-24(11-13-25)20-43-36(51)29-9-6-14-48(29)37(52)34(38(2,3)4)45-31(49)21-46-15-17-47(18-16-46)30(35(41)42)19-28(40)26-7-5-8-27(39)32(26)50/h5,7-8,10-13,19,22,29,34,50H,6,9,14-18,20-21,40-42H2,1-4H3,(H,43,51)(H,45,49)/b28-19-. The highest BCUT2D eigenvalue weighted by atomic mass is 32.1. The third-order valence-corrected chi connectivity index (χ3v) is 10.6. The highest BCUT2D eigenvalue weighted by Gasteiger charge is 2.42. The summed E-state index contributed by atoms with van der Waals surface area (Å²) >= 11 is 1.59. The van der Waals surface area contributed by atoms with E-state index in [1.807, 2.05) is 67.3 Å². The molecule has 2 aromatic carbocycles. The van der Waals surface area contributed by atoms with Gasteiger partial charge < -0.3 is 42.7 Å². The lowest BCUT2D eigenvalue weighted by Gasteiger charge is -2.38. The summed E-state index contributed by atoms with van der Waals surface area (Å²) in [4.78, 5) is 51.7. The third kappa shape index (κ3) is 9.45. The van der Waals surface area contributed by atoms with Gasteiger partial charge in [-0.1, -0.05) is 51.1 Å². The highest BCUT2D eigenvalue weighted by Crippen LogP contribution is 2.29. The van der Waals surface area contributed by atoms with E-state index < -0.39 is 29.1 Å². The molecule has 2 unspecified atom stereocenters. The van der Waals surface area contributed by atoms with Crippen LogP contribution in [0.2, 0.25) is 0 Å². The number of halogens is 1. The van der Waals surface area contributed by atoms with Gasteiger partial charge in [0.25, 0.3) is 0 Å². The van der Waals surface area contributed by atoms with Crippen LogP contribution in [-0.2, 0) is 20.9 Å². The molecule has 0 saturated carbocycles. The number of aryl methyl sites for hydroxylation is 1. The monoisotopic (exact) mass is 747 g/mol. The number of phenolic OH excluding ortho intramolecular Hbond substituents is 1. The largest absolute Gasteiger partial charge is 0.504 e. The van der Waals surface area contributed by atoms with Crippen LogP contribution < -0.4 is 27.8 Å². The number of nitrogens with one attached hydrogen (secondary N) is 2. The van der Waals surface area contributed by atoms with E-state index in [2.05, 4.69) is 15.6 Å². The first-order valence-corrected chi connectivity index (χ1v) is 18.6. The maximum Gasteiger partial charge on any atom is 0.246 e. The molecule has 3 heterocycles. The maximum atomic E-state index is 14.0. The summed E-state index contributed by atoms with van der Waals surface area (Å²) in [5.41, 5.74) is 23.0. The number of hydrogen-bond acceptors (Lipinski definition) is 11. The second kappa shape index (κ2) is 16.7. The maximum absolute atomic E-state index is 14.0.